The van der Waals surface area contributed by atoms with E-state index in [0.717, 1.165) is 11.1 Å². The minimum Gasteiger partial charge on any atom is -0.490 e. The maximum absolute atomic E-state index is 10.8. The predicted molar refractivity (Wildman–Crippen MR) is 128 cm³/mol. The second-order valence-electron chi connectivity index (χ2n) is 6.62. The van der Waals surface area contributed by atoms with Crippen LogP contribution < -0.4 is 9.47 Å². The van der Waals surface area contributed by atoms with E-state index in [4.69, 9.17) is 21.1 Å². The lowest BCUT2D eigenvalue weighted by atomic mass is 10.0. The number of nitriles is 1. The molecule has 3 rings (SSSR count). The fraction of sp³-hybridized carbons (Fsp3) is 0.125. The molecule has 0 aliphatic rings. The van der Waals surface area contributed by atoms with Crippen molar-refractivity contribution in [3.63, 3.8) is 0 Å². The van der Waals surface area contributed by atoms with Crippen molar-refractivity contribution in [2.24, 2.45) is 0 Å². The molecule has 0 aliphatic carbocycles. The van der Waals surface area contributed by atoms with E-state index in [0.29, 0.717) is 38.7 Å². The van der Waals surface area contributed by atoms with Crippen LogP contribution in [0.25, 0.3) is 11.6 Å². The van der Waals surface area contributed by atoms with Crippen molar-refractivity contribution >= 4 is 44.9 Å². The lowest BCUT2D eigenvalue weighted by Gasteiger charge is -2.15. The topological polar surface area (TPSA) is 85.4 Å². The van der Waals surface area contributed by atoms with E-state index in [1.165, 1.54) is 12.1 Å². The first-order valence-electron chi connectivity index (χ1n) is 9.62. The molecule has 8 heteroatoms. The molecule has 0 aliphatic heterocycles. The molecule has 0 fully saturated rings. The van der Waals surface area contributed by atoms with Gasteiger partial charge in [0.05, 0.1) is 27.6 Å². The third-order valence-electron chi connectivity index (χ3n) is 4.46. The zero-order valence-corrected chi connectivity index (χ0v) is 19.4. The maximum atomic E-state index is 10.8. The molecule has 3 aromatic carbocycles. The highest BCUT2D eigenvalue weighted by Crippen LogP contribution is 2.38. The summed E-state index contributed by atoms with van der Waals surface area (Å²) in [6.07, 6.45) is 1.73. The minimum absolute atomic E-state index is 0.0212. The average molecular weight is 514 g/mol. The van der Waals surface area contributed by atoms with E-state index >= 15 is 0 Å². The highest BCUT2D eigenvalue weighted by atomic mass is 79.9. The van der Waals surface area contributed by atoms with Gasteiger partial charge in [-0.2, -0.15) is 5.26 Å². The largest absolute Gasteiger partial charge is 0.490 e. The maximum Gasteiger partial charge on any atom is 0.269 e. The first-order valence-corrected chi connectivity index (χ1v) is 10.8. The fourth-order valence-electron chi connectivity index (χ4n) is 2.96. The number of nitrogens with zero attached hydrogens (tertiary/aromatic N) is 2. The second kappa shape index (κ2) is 10.8. The Kier molecular flexibility index (Phi) is 7.87. The smallest absolute Gasteiger partial charge is 0.269 e. The summed E-state index contributed by atoms with van der Waals surface area (Å²) in [5, 5.41) is 20.9. The van der Waals surface area contributed by atoms with Gasteiger partial charge in [-0.05, 0) is 70.4 Å². The molecule has 32 heavy (non-hydrogen) atoms. The van der Waals surface area contributed by atoms with Crippen molar-refractivity contribution in [1.29, 1.82) is 5.26 Å². The highest BCUT2D eigenvalue weighted by molar-refractivity contribution is 9.10. The van der Waals surface area contributed by atoms with Crippen LogP contribution in [0.15, 0.2) is 65.1 Å². The van der Waals surface area contributed by atoms with Gasteiger partial charge in [0.1, 0.15) is 6.61 Å². The summed E-state index contributed by atoms with van der Waals surface area (Å²) >= 11 is 9.77. The number of non-ortho nitro benzene ring substituents is 1. The van der Waals surface area contributed by atoms with E-state index in [1.807, 2.05) is 25.1 Å². The summed E-state index contributed by atoms with van der Waals surface area (Å²) in [6.45, 7) is 2.49. The standard InChI is InChI=1S/C24H18BrClN2O4/c1-2-31-23-13-17(11-18(14-27)20-5-3-4-6-22(20)26)12-21(25)24(23)32-15-16-7-9-19(10-8-16)28(29)30/h3-13H,2,15H2,1H3. The molecular formula is C24H18BrClN2O4. The number of hydrogen-bond acceptors (Lipinski definition) is 5. The summed E-state index contributed by atoms with van der Waals surface area (Å²) in [7, 11) is 0. The van der Waals surface area contributed by atoms with Gasteiger partial charge in [-0.1, -0.05) is 29.8 Å². The van der Waals surface area contributed by atoms with Gasteiger partial charge < -0.3 is 9.47 Å². The molecular weight excluding hydrogens is 496 g/mol. The Morgan fingerprint density at radius 1 is 1.19 bits per heavy atom. The summed E-state index contributed by atoms with van der Waals surface area (Å²) in [5.41, 5.74) is 2.60. The zero-order valence-electron chi connectivity index (χ0n) is 17.0. The van der Waals surface area contributed by atoms with Crippen LogP contribution in [0, 0.1) is 21.4 Å². The van der Waals surface area contributed by atoms with Crippen LogP contribution in [0.2, 0.25) is 5.02 Å². The molecule has 0 saturated heterocycles. The Morgan fingerprint density at radius 3 is 2.53 bits per heavy atom. The van der Waals surface area contributed by atoms with E-state index in [-0.39, 0.29) is 12.3 Å². The van der Waals surface area contributed by atoms with Crippen molar-refractivity contribution in [2.75, 3.05) is 6.61 Å². The van der Waals surface area contributed by atoms with Gasteiger partial charge in [0.2, 0.25) is 0 Å². The molecule has 0 heterocycles. The molecule has 6 nitrogen and oxygen atoms in total. The first-order chi connectivity index (χ1) is 15.4. The third-order valence-corrected chi connectivity index (χ3v) is 5.38. The van der Waals surface area contributed by atoms with Crippen molar-refractivity contribution in [1.82, 2.24) is 0 Å². The van der Waals surface area contributed by atoms with Crippen molar-refractivity contribution in [2.45, 2.75) is 13.5 Å². The summed E-state index contributed by atoms with van der Waals surface area (Å²) in [4.78, 5) is 10.4. The third kappa shape index (κ3) is 5.67. The number of hydrogen-bond donors (Lipinski definition) is 0. The molecule has 162 valence electrons. The van der Waals surface area contributed by atoms with Gasteiger partial charge in [0, 0.05) is 22.7 Å². The Morgan fingerprint density at radius 2 is 1.91 bits per heavy atom. The van der Waals surface area contributed by atoms with Crippen molar-refractivity contribution in [3.05, 3.63) is 97.0 Å². The molecule has 0 atom stereocenters. The number of halogens is 2. The summed E-state index contributed by atoms with van der Waals surface area (Å²) in [5.74, 6) is 1.00. The molecule has 0 saturated carbocycles. The number of ether oxygens (including phenoxy) is 2. The highest BCUT2D eigenvalue weighted by Gasteiger charge is 2.14. The predicted octanol–water partition coefficient (Wildman–Crippen LogP) is 7.05. The van der Waals surface area contributed by atoms with E-state index in [2.05, 4.69) is 22.0 Å². The van der Waals surface area contributed by atoms with E-state index < -0.39 is 4.92 Å². The van der Waals surface area contributed by atoms with Crippen molar-refractivity contribution < 1.29 is 14.4 Å². The first kappa shape index (κ1) is 23.3. The van der Waals surface area contributed by atoms with Gasteiger partial charge in [-0.3, -0.25) is 10.1 Å². The van der Waals surface area contributed by atoms with Crippen LogP contribution in [-0.2, 0) is 6.61 Å². The van der Waals surface area contributed by atoms with Crippen LogP contribution in [-0.4, -0.2) is 11.5 Å². The number of benzene rings is 3. The van der Waals surface area contributed by atoms with Crippen LogP contribution in [0.4, 0.5) is 5.69 Å². The number of rotatable bonds is 8. The quantitative estimate of drug-likeness (QED) is 0.139. The van der Waals surface area contributed by atoms with Gasteiger partial charge in [0.15, 0.2) is 11.5 Å². The molecule has 0 aromatic heterocycles. The number of nitro benzene ring substituents is 1. The number of allylic oxidation sites excluding steroid dienone is 1. The van der Waals surface area contributed by atoms with E-state index in [1.54, 1.807) is 36.4 Å². The SMILES string of the molecule is CCOc1cc(C=C(C#N)c2ccccc2Cl)cc(Br)c1OCc1ccc([N+](=O)[O-])cc1. The van der Waals surface area contributed by atoms with Crippen LogP contribution in [0.3, 0.4) is 0 Å². The molecule has 0 amide bonds. The molecule has 0 radical (unpaired) electrons. The van der Waals surface area contributed by atoms with Gasteiger partial charge >= 0.3 is 0 Å². The van der Waals surface area contributed by atoms with Crippen molar-refractivity contribution in [3.8, 4) is 17.6 Å². The molecule has 3 aromatic rings. The Hall–Kier alpha value is -3.34. The van der Waals surface area contributed by atoms with Gasteiger partial charge in [-0.15, -0.1) is 0 Å². The van der Waals surface area contributed by atoms with E-state index in [9.17, 15) is 15.4 Å². The lowest BCUT2D eigenvalue weighted by molar-refractivity contribution is -0.384. The van der Waals surface area contributed by atoms with Crippen LogP contribution >= 0.6 is 27.5 Å². The molecule has 0 unspecified atom stereocenters. The molecule has 0 N–H and O–H groups in total. The van der Waals surface area contributed by atoms with Gasteiger partial charge in [0.25, 0.3) is 5.69 Å². The van der Waals surface area contributed by atoms with Crippen LogP contribution in [0.1, 0.15) is 23.6 Å². The van der Waals surface area contributed by atoms with Gasteiger partial charge in [-0.25, -0.2) is 0 Å². The zero-order chi connectivity index (χ0) is 23.1. The summed E-state index contributed by atoms with van der Waals surface area (Å²) in [6, 6.07) is 19.1. The second-order valence-corrected chi connectivity index (χ2v) is 7.89. The Labute approximate surface area is 198 Å². The summed E-state index contributed by atoms with van der Waals surface area (Å²) < 4.78 is 12.4. The fourth-order valence-corrected chi connectivity index (χ4v) is 3.77. The minimum atomic E-state index is -0.446. The molecule has 0 bridgehead atoms. The lowest BCUT2D eigenvalue weighted by Crippen LogP contribution is -2.01. The number of nitro groups is 1. The normalized spacial score (nSPS) is 11.0. The Bertz CT molecular complexity index is 1200. The Balaban J connectivity index is 1.90. The monoisotopic (exact) mass is 512 g/mol. The van der Waals surface area contributed by atoms with Crippen LogP contribution in [0.5, 0.6) is 11.5 Å². The molecule has 0 spiro atoms. The average Bonchev–Trinajstić information content (AvgIpc) is 2.78.